The second kappa shape index (κ2) is 9.08. The lowest BCUT2D eigenvalue weighted by atomic mass is 10.0. The van der Waals surface area contributed by atoms with Gasteiger partial charge in [-0.05, 0) is 42.3 Å². The zero-order chi connectivity index (χ0) is 23.9. The van der Waals surface area contributed by atoms with E-state index in [0.29, 0.717) is 60.0 Å². The van der Waals surface area contributed by atoms with Gasteiger partial charge in [0.15, 0.2) is 0 Å². The van der Waals surface area contributed by atoms with Crippen LogP contribution in [0.2, 0.25) is 10.0 Å². The number of aryl methyl sites for hydroxylation is 2. The van der Waals surface area contributed by atoms with E-state index in [1.807, 2.05) is 6.07 Å². The van der Waals surface area contributed by atoms with Crippen molar-refractivity contribution in [3.8, 4) is 5.75 Å². The van der Waals surface area contributed by atoms with Gasteiger partial charge in [-0.2, -0.15) is 0 Å². The number of aromatic nitrogens is 1. The molecule has 1 aliphatic rings. The summed E-state index contributed by atoms with van der Waals surface area (Å²) in [4.78, 5) is 14.7. The summed E-state index contributed by atoms with van der Waals surface area (Å²) >= 11 is 13.1. The van der Waals surface area contributed by atoms with Crippen molar-refractivity contribution >= 4 is 40.0 Å². The maximum atomic E-state index is 13.0. The van der Waals surface area contributed by atoms with E-state index >= 15 is 0 Å². The van der Waals surface area contributed by atoms with Gasteiger partial charge in [0, 0.05) is 48.7 Å². The first-order valence-corrected chi connectivity index (χ1v) is 11.0. The fourth-order valence-electron chi connectivity index (χ4n) is 4.04. The normalized spacial score (nSPS) is 14.7. The molecule has 4 rings (SSSR count). The molecule has 1 saturated heterocycles. The number of rotatable bonds is 4. The molecule has 0 N–H and O–H groups in total. The summed E-state index contributed by atoms with van der Waals surface area (Å²) in [7, 11) is 1.75. The molecule has 0 radical (unpaired) electrons. The summed E-state index contributed by atoms with van der Waals surface area (Å²) in [6.45, 7) is 3.63. The molecule has 1 aliphatic heterocycles. The monoisotopic (exact) mass is 500 g/mol. The highest BCUT2D eigenvalue weighted by Gasteiger charge is 2.31. The van der Waals surface area contributed by atoms with Crippen LogP contribution in [0, 0.1) is 6.92 Å². The predicted octanol–water partition coefficient (Wildman–Crippen LogP) is 5.76. The van der Waals surface area contributed by atoms with Gasteiger partial charge in [-0.3, -0.25) is 4.79 Å². The lowest BCUT2D eigenvalue weighted by Crippen LogP contribution is -2.40. The molecule has 0 aliphatic carbocycles. The summed E-state index contributed by atoms with van der Waals surface area (Å²) in [6.07, 6.45) is -4.48. The lowest BCUT2D eigenvalue weighted by Gasteiger charge is -2.27. The Hall–Kier alpha value is -2.42. The predicted molar refractivity (Wildman–Crippen MR) is 120 cm³/mol. The van der Waals surface area contributed by atoms with Crippen molar-refractivity contribution < 1.29 is 27.4 Å². The minimum atomic E-state index is -4.78. The number of halogens is 5. The molecule has 1 fully saturated rings. The molecule has 0 spiro atoms. The third-order valence-electron chi connectivity index (χ3n) is 5.75. The third-order valence-corrected chi connectivity index (χ3v) is 6.53. The van der Waals surface area contributed by atoms with E-state index in [9.17, 15) is 18.0 Å². The molecule has 0 bridgehead atoms. The highest BCUT2D eigenvalue weighted by molar-refractivity contribution is 6.38. The number of ether oxygens (including phenoxy) is 2. The minimum absolute atomic E-state index is 0.192. The van der Waals surface area contributed by atoms with Crippen molar-refractivity contribution in [3.63, 3.8) is 0 Å². The summed E-state index contributed by atoms with van der Waals surface area (Å²) in [5, 5.41) is 1.46. The van der Waals surface area contributed by atoms with Crippen molar-refractivity contribution in [2.75, 3.05) is 26.3 Å². The van der Waals surface area contributed by atoms with Crippen molar-refractivity contribution in [2.24, 2.45) is 7.05 Å². The average molecular weight is 501 g/mol. The highest BCUT2D eigenvalue weighted by Crippen LogP contribution is 2.35. The Bertz CT molecular complexity index is 1220. The Morgan fingerprint density at radius 1 is 1.15 bits per heavy atom. The molecule has 1 aromatic heterocycles. The quantitative estimate of drug-likeness (QED) is 0.457. The van der Waals surface area contributed by atoms with E-state index in [4.69, 9.17) is 27.9 Å². The molecule has 33 heavy (non-hydrogen) atoms. The average Bonchev–Trinajstić information content (AvgIpc) is 3.06. The van der Waals surface area contributed by atoms with E-state index in [-0.39, 0.29) is 16.7 Å². The topological polar surface area (TPSA) is 43.7 Å². The van der Waals surface area contributed by atoms with Crippen molar-refractivity contribution in [1.82, 2.24) is 9.47 Å². The molecule has 0 unspecified atom stereocenters. The molecule has 176 valence electrons. The second-order valence-corrected chi connectivity index (χ2v) is 8.67. The fraction of sp³-hybridized carbons (Fsp3) is 0.348. The largest absolute Gasteiger partial charge is 0.573 e. The number of nitrogens with zero attached hydrogens (tertiary/aromatic N) is 2. The Kier molecular flexibility index (Phi) is 6.53. The van der Waals surface area contributed by atoms with Gasteiger partial charge in [0.25, 0.3) is 5.91 Å². The number of alkyl halides is 3. The smallest absolute Gasteiger partial charge is 0.406 e. The Morgan fingerprint density at radius 2 is 1.85 bits per heavy atom. The van der Waals surface area contributed by atoms with Crippen LogP contribution >= 0.6 is 23.2 Å². The maximum absolute atomic E-state index is 13.0. The van der Waals surface area contributed by atoms with Crippen molar-refractivity contribution in [3.05, 3.63) is 62.8 Å². The molecule has 1 amide bonds. The van der Waals surface area contributed by atoms with Crippen LogP contribution in [0.15, 0.2) is 30.3 Å². The molecular weight excluding hydrogens is 480 g/mol. The first-order valence-electron chi connectivity index (χ1n) is 10.2. The number of benzene rings is 2. The van der Waals surface area contributed by atoms with Gasteiger partial charge in [0.2, 0.25) is 0 Å². The van der Waals surface area contributed by atoms with Gasteiger partial charge < -0.3 is 18.9 Å². The van der Waals surface area contributed by atoms with E-state index in [1.54, 1.807) is 35.6 Å². The Balaban J connectivity index is 1.70. The number of hydrogen-bond donors (Lipinski definition) is 0. The van der Waals surface area contributed by atoms with Crippen LogP contribution in [-0.4, -0.2) is 48.0 Å². The van der Waals surface area contributed by atoms with Crippen LogP contribution in [0.25, 0.3) is 10.9 Å². The number of carbonyl (C=O) groups is 1. The SMILES string of the molecule is Cc1cc(OC(F)(F)F)cc2c1cc(Cc1c(Cl)ccc(C(=O)N3CCOCC3)c1Cl)n2C. The number of hydrogen-bond acceptors (Lipinski definition) is 3. The van der Waals surface area contributed by atoms with Gasteiger partial charge in [0.1, 0.15) is 5.75 Å². The zero-order valence-corrected chi connectivity index (χ0v) is 19.4. The first-order chi connectivity index (χ1) is 15.5. The number of fused-ring (bicyclic) bond motifs is 1. The highest BCUT2D eigenvalue weighted by atomic mass is 35.5. The van der Waals surface area contributed by atoms with Gasteiger partial charge in [-0.1, -0.05) is 23.2 Å². The van der Waals surface area contributed by atoms with Gasteiger partial charge in [0.05, 0.1) is 29.3 Å². The van der Waals surface area contributed by atoms with Crippen molar-refractivity contribution in [2.45, 2.75) is 19.7 Å². The molecule has 0 atom stereocenters. The number of amides is 1. The van der Waals surface area contributed by atoms with Gasteiger partial charge in [-0.15, -0.1) is 13.2 Å². The van der Waals surface area contributed by atoms with Crippen LogP contribution in [0.4, 0.5) is 13.2 Å². The lowest BCUT2D eigenvalue weighted by molar-refractivity contribution is -0.274. The van der Waals surface area contributed by atoms with Crippen LogP contribution in [0.3, 0.4) is 0 Å². The van der Waals surface area contributed by atoms with Crippen LogP contribution in [-0.2, 0) is 18.2 Å². The molecular formula is C23H21Cl2F3N2O3. The van der Waals surface area contributed by atoms with E-state index in [0.717, 1.165) is 11.1 Å². The van der Waals surface area contributed by atoms with E-state index < -0.39 is 6.36 Å². The summed E-state index contributed by atoms with van der Waals surface area (Å²) in [5.74, 6) is -0.475. The molecule has 0 saturated carbocycles. The van der Waals surface area contributed by atoms with Gasteiger partial charge >= 0.3 is 6.36 Å². The third kappa shape index (κ3) is 4.93. The van der Waals surface area contributed by atoms with Crippen molar-refractivity contribution in [1.29, 1.82) is 0 Å². The molecule has 2 heterocycles. The molecule has 10 heteroatoms. The van der Waals surface area contributed by atoms with E-state index in [1.165, 1.54) is 12.1 Å². The Morgan fingerprint density at radius 3 is 2.52 bits per heavy atom. The molecule has 3 aromatic rings. The molecule has 2 aromatic carbocycles. The Labute approximate surface area is 198 Å². The number of carbonyl (C=O) groups excluding carboxylic acids is 1. The molecule has 5 nitrogen and oxygen atoms in total. The maximum Gasteiger partial charge on any atom is 0.573 e. The number of morpholine rings is 1. The van der Waals surface area contributed by atoms with Crippen LogP contribution < -0.4 is 4.74 Å². The summed E-state index contributed by atoms with van der Waals surface area (Å²) in [5.41, 5.74) is 2.93. The van der Waals surface area contributed by atoms with E-state index in [2.05, 4.69) is 4.74 Å². The summed E-state index contributed by atoms with van der Waals surface area (Å²) in [6, 6.07) is 7.82. The first kappa shape index (κ1) is 23.7. The van der Waals surface area contributed by atoms with Gasteiger partial charge in [-0.25, -0.2) is 0 Å². The zero-order valence-electron chi connectivity index (χ0n) is 17.9. The minimum Gasteiger partial charge on any atom is -0.406 e. The fourth-order valence-corrected chi connectivity index (χ4v) is 4.62. The second-order valence-electron chi connectivity index (χ2n) is 7.88. The van der Waals surface area contributed by atoms with Crippen LogP contribution in [0.5, 0.6) is 5.75 Å². The standard InChI is InChI=1S/C23H21Cl2F3N2O3/c1-13-9-15(33-23(26,27)28)12-20-17(13)10-14(29(20)2)11-18-19(24)4-3-16(21(18)25)22(31)30-5-7-32-8-6-30/h3-4,9-10,12H,5-8,11H2,1-2H3. The summed E-state index contributed by atoms with van der Waals surface area (Å²) < 4.78 is 49.3. The van der Waals surface area contributed by atoms with Crippen LogP contribution in [0.1, 0.15) is 27.2 Å².